The molecule has 0 aromatic heterocycles. The first-order valence-corrected chi connectivity index (χ1v) is 6.11. The summed E-state index contributed by atoms with van der Waals surface area (Å²) in [6.45, 7) is 9.93. The van der Waals surface area contributed by atoms with Crippen LogP contribution in [0.3, 0.4) is 0 Å². The quantitative estimate of drug-likeness (QED) is 0.474. The Balaban J connectivity index is 3.88. The molecule has 0 aliphatic carbocycles. The zero-order valence-electron chi connectivity index (χ0n) is 10.9. The van der Waals surface area contributed by atoms with E-state index in [9.17, 15) is 4.79 Å². The lowest BCUT2D eigenvalue weighted by Gasteiger charge is -2.23. The van der Waals surface area contributed by atoms with Gasteiger partial charge in [0.25, 0.3) is 0 Å². The highest BCUT2D eigenvalue weighted by Crippen LogP contribution is 2.26. The summed E-state index contributed by atoms with van der Waals surface area (Å²) in [6, 6.07) is 0. The van der Waals surface area contributed by atoms with E-state index in [1.165, 1.54) is 19.3 Å². The molecule has 15 heavy (non-hydrogen) atoms. The molecule has 2 heteroatoms. The van der Waals surface area contributed by atoms with Crippen molar-refractivity contribution in [1.29, 1.82) is 0 Å². The lowest BCUT2D eigenvalue weighted by Crippen LogP contribution is -2.28. The van der Waals surface area contributed by atoms with E-state index in [0.29, 0.717) is 0 Å². The SMILES string of the molecule is CCCCCCC(C)(C)C(=O)OC(C)C. The zero-order chi connectivity index (χ0) is 11.9. The van der Waals surface area contributed by atoms with Crippen molar-refractivity contribution in [2.24, 2.45) is 5.41 Å². The Kier molecular flexibility index (Phi) is 6.62. The Hall–Kier alpha value is -0.530. The second kappa shape index (κ2) is 6.86. The number of unbranched alkanes of at least 4 members (excludes halogenated alkanes) is 3. The summed E-state index contributed by atoms with van der Waals surface area (Å²) in [5.41, 5.74) is -0.321. The minimum absolute atomic E-state index is 0.00702. The van der Waals surface area contributed by atoms with Crippen LogP contribution in [-0.4, -0.2) is 12.1 Å². The monoisotopic (exact) mass is 214 g/mol. The van der Waals surface area contributed by atoms with Crippen LogP contribution >= 0.6 is 0 Å². The van der Waals surface area contributed by atoms with E-state index < -0.39 is 0 Å². The van der Waals surface area contributed by atoms with Gasteiger partial charge in [-0.05, 0) is 34.1 Å². The Morgan fingerprint density at radius 2 is 1.80 bits per heavy atom. The van der Waals surface area contributed by atoms with Crippen LogP contribution in [0.1, 0.15) is 66.7 Å². The summed E-state index contributed by atoms with van der Waals surface area (Å²) >= 11 is 0. The van der Waals surface area contributed by atoms with E-state index in [4.69, 9.17) is 4.74 Å². The lowest BCUT2D eigenvalue weighted by molar-refractivity contribution is -0.158. The molecule has 0 rings (SSSR count). The van der Waals surface area contributed by atoms with E-state index in [0.717, 1.165) is 12.8 Å². The van der Waals surface area contributed by atoms with E-state index >= 15 is 0 Å². The summed E-state index contributed by atoms with van der Waals surface area (Å²) in [5.74, 6) is -0.0611. The zero-order valence-corrected chi connectivity index (χ0v) is 10.9. The molecule has 90 valence electrons. The summed E-state index contributed by atoms with van der Waals surface area (Å²) in [7, 11) is 0. The lowest BCUT2D eigenvalue weighted by atomic mass is 9.87. The molecule has 0 atom stereocenters. The summed E-state index contributed by atoms with van der Waals surface area (Å²) in [6.07, 6.45) is 5.75. The second-order valence-electron chi connectivity index (χ2n) is 5.15. The molecule has 0 amide bonds. The first kappa shape index (κ1) is 14.5. The maximum Gasteiger partial charge on any atom is 0.311 e. The third-order valence-electron chi connectivity index (χ3n) is 2.55. The van der Waals surface area contributed by atoms with Crippen molar-refractivity contribution in [3.8, 4) is 0 Å². The smallest absolute Gasteiger partial charge is 0.311 e. The number of rotatable bonds is 7. The molecule has 0 saturated carbocycles. The van der Waals surface area contributed by atoms with Gasteiger partial charge in [0.1, 0.15) is 0 Å². The van der Waals surface area contributed by atoms with Gasteiger partial charge in [-0.1, -0.05) is 32.6 Å². The van der Waals surface area contributed by atoms with Gasteiger partial charge >= 0.3 is 5.97 Å². The van der Waals surface area contributed by atoms with Gasteiger partial charge in [0.2, 0.25) is 0 Å². The molecular weight excluding hydrogens is 188 g/mol. The van der Waals surface area contributed by atoms with Gasteiger partial charge in [-0.3, -0.25) is 4.79 Å². The largest absolute Gasteiger partial charge is 0.463 e. The van der Waals surface area contributed by atoms with E-state index in [1.54, 1.807) is 0 Å². The molecule has 0 fully saturated rings. The third-order valence-corrected chi connectivity index (χ3v) is 2.55. The average molecular weight is 214 g/mol. The average Bonchev–Trinajstić information content (AvgIpc) is 2.11. The standard InChI is InChI=1S/C13H26O2/c1-6-7-8-9-10-13(4,5)12(14)15-11(2)3/h11H,6-10H2,1-5H3. The number of hydrogen-bond donors (Lipinski definition) is 0. The molecule has 0 bridgehead atoms. The minimum atomic E-state index is -0.321. The van der Waals surface area contributed by atoms with Crippen LogP contribution in [0, 0.1) is 5.41 Å². The maximum absolute atomic E-state index is 11.7. The van der Waals surface area contributed by atoms with Gasteiger partial charge in [0.05, 0.1) is 11.5 Å². The molecule has 0 aromatic carbocycles. The summed E-state index contributed by atoms with van der Waals surface area (Å²) in [4.78, 5) is 11.7. The van der Waals surface area contributed by atoms with Gasteiger partial charge in [0.15, 0.2) is 0 Å². The molecule has 0 N–H and O–H groups in total. The molecule has 0 spiro atoms. The predicted molar refractivity (Wildman–Crippen MR) is 63.8 cm³/mol. The fourth-order valence-electron chi connectivity index (χ4n) is 1.47. The number of esters is 1. The Labute approximate surface area is 94.4 Å². The fourth-order valence-corrected chi connectivity index (χ4v) is 1.47. The van der Waals surface area contributed by atoms with E-state index in [1.807, 2.05) is 27.7 Å². The Bertz CT molecular complexity index is 183. The van der Waals surface area contributed by atoms with Crippen molar-refractivity contribution in [1.82, 2.24) is 0 Å². The van der Waals surface area contributed by atoms with Gasteiger partial charge in [-0.25, -0.2) is 0 Å². The van der Waals surface area contributed by atoms with Gasteiger partial charge < -0.3 is 4.74 Å². The molecular formula is C13H26O2. The first-order chi connectivity index (χ1) is 6.90. The second-order valence-corrected chi connectivity index (χ2v) is 5.15. The molecule has 0 heterocycles. The predicted octanol–water partition coefficient (Wildman–Crippen LogP) is 3.93. The highest BCUT2D eigenvalue weighted by atomic mass is 16.5. The van der Waals surface area contributed by atoms with Crippen LogP contribution < -0.4 is 0 Å². The van der Waals surface area contributed by atoms with Crippen LogP contribution in [0.4, 0.5) is 0 Å². The van der Waals surface area contributed by atoms with Gasteiger partial charge in [-0.15, -0.1) is 0 Å². The van der Waals surface area contributed by atoms with Crippen LogP contribution in [-0.2, 0) is 9.53 Å². The van der Waals surface area contributed by atoms with Crippen LogP contribution in [0.15, 0.2) is 0 Å². The molecule has 0 radical (unpaired) electrons. The third kappa shape index (κ3) is 6.53. The van der Waals surface area contributed by atoms with E-state index in [-0.39, 0.29) is 17.5 Å². The van der Waals surface area contributed by atoms with Crippen molar-refractivity contribution in [2.45, 2.75) is 72.8 Å². The normalized spacial score (nSPS) is 11.9. The fraction of sp³-hybridized carbons (Fsp3) is 0.923. The molecule has 0 saturated heterocycles. The van der Waals surface area contributed by atoms with E-state index in [2.05, 4.69) is 6.92 Å². The van der Waals surface area contributed by atoms with Crippen LogP contribution in [0.2, 0.25) is 0 Å². The molecule has 0 aliphatic heterocycles. The molecule has 0 aromatic rings. The van der Waals surface area contributed by atoms with Crippen molar-refractivity contribution in [2.75, 3.05) is 0 Å². The Morgan fingerprint density at radius 3 is 2.27 bits per heavy atom. The highest BCUT2D eigenvalue weighted by Gasteiger charge is 2.29. The number of ether oxygens (including phenoxy) is 1. The maximum atomic E-state index is 11.7. The molecule has 0 unspecified atom stereocenters. The topological polar surface area (TPSA) is 26.3 Å². The van der Waals surface area contributed by atoms with Crippen LogP contribution in [0.25, 0.3) is 0 Å². The van der Waals surface area contributed by atoms with Gasteiger partial charge in [0, 0.05) is 0 Å². The number of carbonyl (C=O) groups excluding carboxylic acids is 1. The van der Waals surface area contributed by atoms with Crippen LogP contribution in [0.5, 0.6) is 0 Å². The number of hydrogen-bond acceptors (Lipinski definition) is 2. The minimum Gasteiger partial charge on any atom is -0.463 e. The first-order valence-electron chi connectivity index (χ1n) is 6.11. The molecule has 2 nitrogen and oxygen atoms in total. The Morgan fingerprint density at radius 1 is 1.20 bits per heavy atom. The van der Waals surface area contributed by atoms with Crippen molar-refractivity contribution in [3.63, 3.8) is 0 Å². The number of carbonyl (C=O) groups is 1. The van der Waals surface area contributed by atoms with Crippen molar-refractivity contribution >= 4 is 5.97 Å². The van der Waals surface area contributed by atoms with Gasteiger partial charge in [-0.2, -0.15) is 0 Å². The van der Waals surface area contributed by atoms with Crippen molar-refractivity contribution < 1.29 is 9.53 Å². The summed E-state index contributed by atoms with van der Waals surface area (Å²) < 4.78 is 5.23. The van der Waals surface area contributed by atoms with Crippen molar-refractivity contribution in [3.05, 3.63) is 0 Å². The molecule has 0 aliphatic rings. The highest BCUT2D eigenvalue weighted by molar-refractivity contribution is 5.75. The summed E-state index contributed by atoms with van der Waals surface area (Å²) in [5, 5.41) is 0.